The Hall–Kier alpha value is -2.11. The zero-order chi connectivity index (χ0) is 13.4. The van der Waals surface area contributed by atoms with Crippen LogP contribution in [0.5, 0.6) is 6.01 Å². The van der Waals surface area contributed by atoms with Crippen molar-refractivity contribution in [2.45, 2.75) is 32.4 Å². The number of hydrogen-bond donors (Lipinski definition) is 0. The third-order valence-electron chi connectivity index (χ3n) is 3.29. The van der Waals surface area contributed by atoms with E-state index in [0.717, 1.165) is 5.69 Å². The summed E-state index contributed by atoms with van der Waals surface area (Å²) in [6, 6.07) is 2.39. The summed E-state index contributed by atoms with van der Waals surface area (Å²) in [5.74, 6) is 0. The molecule has 1 aliphatic rings. The summed E-state index contributed by atoms with van der Waals surface area (Å²) in [6.45, 7) is 2.22. The fourth-order valence-corrected chi connectivity index (χ4v) is 2.19. The molecular formula is C13H16N4O2. The highest BCUT2D eigenvalue weighted by Crippen LogP contribution is 2.35. The Kier molecular flexibility index (Phi) is 2.85. The van der Waals surface area contributed by atoms with Crippen LogP contribution in [0.4, 0.5) is 0 Å². The Morgan fingerprint density at radius 3 is 2.95 bits per heavy atom. The van der Waals surface area contributed by atoms with Crippen molar-refractivity contribution in [2.24, 2.45) is 0 Å². The number of nitrogens with zero attached hydrogens (tertiary/aromatic N) is 4. The predicted octanol–water partition coefficient (Wildman–Crippen LogP) is 1.14. The van der Waals surface area contributed by atoms with E-state index >= 15 is 0 Å². The first-order valence-corrected chi connectivity index (χ1v) is 6.32. The summed E-state index contributed by atoms with van der Waals surface area (Å²) in [6.07, 6.45) is 5.99. The highest BCUT2D eigenvalue weighted by molar-refractivity contribution is 5.11. The van der Waals surface area contributed by atoms with Crippen LogP contribution in [0.1, 0.15) is 30.3 Å². The van der Waals surface area contributed by atoms with Crippen molar-refractivity contribution in [3.8, 4) is 6.01 Å². The molecule has 6 heteroatoms. The summed E-state index contributed by atoms with van der Waals surface area (Å²) < 4.78 is 8.86. The number of aryl methyl sites for hydroxylation is 1. The molecule has 1 fully saturated rings. The molecule has 1 aliphatic carbocycles. The van der Waals surface area contributed by atoms with E-state index < -0.39 is 0 Å². The Bertz CT molecular complexity index is 655. The van der Waals surface area contributed by atoms with E-state index in [-0.39, 0.29) is 5.56 Å². The van der Waals surface area contributed by atoms with Gasteiger partial charge in [0.1, 0.15) is 0 Å². The second-order valence-electron chi connectivity index (χ2n) is 4.83. The van der Waals surface area contributed by atoms with Gasteiger partial charge in [0.05, 0.1) is 25.7 Å². The van der Waals surface area contributed by atoms with Crippen LogP contribution in [0.2, 0.25) is 0 Å². The van der Waals surface area contributed by atoms with Gasteiger partial charge in [-0.15, -0.1) is 0 Å². The van der Waals surface area contributed by atoms with E-state index in [9.17, 15) is 4.79 Å². The zero-order valence-corrected chi connectivity index (χ0v) is 11.0. The minimum Gasteiger partial charge on any atom is -0.468 e. The Labute approximate surface area is 110 Å². The van der Waals surface area contributed by atoms with E-state index in [4.69, 9.17) is 4.74 Å². The molecule has 0 bridgehead atoms. The number of hydrogen-bond acceptors (Lipinski definition) is 4. The topological polar surface area (TPSA) is 61.9 Å². The van der Waals surface area contributed by atoms with Gasteiger partial charge >= 0.3 is 0 Å². The fraction of sp³-hybridized carbons (Fsp3) is 0.462. The van der Waals surface area contributed by atoms with Gasteiger partial charge in [0.25, 0.3) is 11.6 Å². The van der Waals surface area contributed by atoms with Gasteiger partial charge in [0.2, 0.25) is 0 Å². The van der Waals surface area contributed by atoms with Crippen molar-refractivity contribution < 1.29 is 4.74 Å². The van der Waals surface area contributed by atoms with Gasteiger partial charge in [-0.3, -0.25) is 9.36 Å². The van der Waals surface area contributed by atoms with Gasteiger partial charge in [0.15, 0.2) is 0 Å². The molecule has 0 aliphatic heterocycles. The van der Waals surface area contributed by atoms with Crippen LogP contribution >= 0.6 is 0 Å². The normalized spacial score (nSPS) is 14.6. The second-order valence-corrected chi connectivity index (χ2v) is 4.83. The molecule has 0 radical (unpaired) electrons. The highest BCUT2D eigenvalue weighted by Gasteiger charge is 2.25. The quantitative estimate of drug-likeness (QED) is 0.827. The summed E-state index contributed by atoms with van der Waals surface area (Å²) in [5, 5.41) is 0. The molecule has 0 spiro atoms. The maximum atomic E-state index is 12.1. The van der Waals surface area contributed by atoms with Crippen LogP contribution in [0.3, 0.4) is 0 Å². The largest absolute Gasteiger partial charge is 0.468 e. The zero-order valence-electron chi connectivity index (χ0n) is 11.0. The van der Waals surface area contributed by atoms with E-state index in [2.05, 4.69) is 14.5 Å². The van der Waals surface area contributed by atoms with Gasteiger partial charge < -0.3 is 9.30 Å². The van der Waals surface area contributed by atoms with E-state index in [1.54, 1.807) is 13.1 Å². The predicted molar refractivity (Wildman–Crippen MR) is 69.4 cm³/mol. The minimum atomic E-state index is -0.104. The third kappa shape index (κ3) is 2.25. The van der Waals surface area contributed by atoms with Gasteiger partial charge in [0, 0.05) is 24.0 Å². The highest BCUT2D eigenvalue weighted by atomic mass is 16.5. The van der Waals surface area contributed by atoms with Gasteiger partial charge in [-0.2, -0.15) is 0 Å². The van der Waals surface area contributed by atoms with Crippen LogP contribution < -0.4 is 10.3 Å². The molecule has 2 aromatic heterocycles. The molecule has 6 nitrogen and oxygen atoms in total. The second kappa shape index (κ2) is 4.53. The molecule has 0 saturated heterocycles. The Morgan fingerprint density at radius 1 is 1.47 bits per heavy atom. The maximum Gasteiger partial charge on any atom is 0.299 e. The molecule has 0 N–H and O–H groups in total. The SMILES string of the molecule is COc1nc(C)cc(=O)n1Cc1cncn1C1CC1. The fourth-order valence-electron chi connectivity index (χ4n) is 2.19. The number of methoxy groups -OCH3 is 1. The summed E-state index contributed by atoms with van der Waals surface area (Å²) in [7, 11) is 1.52. The van der Waals surface area contributed by atoms with Gasteiger partial charge in [-0.05, 0) is 19.8 Å². The van der Waals surface area contributed by atoms with E-state index in [1.165, 1.54) is 30.6 Å². The lowest BCUT2D eigenvalue weighted by Crippen LogP contribution is -2.24. The molecule has 2 aromatic rings. The molecule has 3 rings (SSSR count). The molecule has 100 valence electrons. The standard InChI is InChI=1S/C13H16N4O2/c1-9-5-12(18)16(13(15-9)19-2)7-11-6-14-8-17(11)10-3-4-10/h5-6,8,10H,3-4,7H2,1-2H3. The van der Waals surface area contributed by atoms with Gasteiger partial charge in [-0.25, -0.2) is 9.97 Å². The van der Waals surface area contributed by atoms with Crippen molar-refractivity contribution in [2.75, 3.05) is 7.11 Å². The summed E-state index contributed by atoms with van der Waals surface area (Å²) in [5.41, 5.74) is 1.57. The smallest absolute Gasteiger partial charge is 0.299 e. The Balaban J connectivity index is 1.98. The monoisotopic (exact) mass is 260 g/mol. The lowest BCUT2D eigenvalue weighted by Gasteiger charge is -2.12. The van der Waals surface area contributed by atoms with Crippen LogP contribution in [0.25, 0.3) is 0 Å². The summed E-state index contributed by atoms with van der Waals surface area (Å²) in [4.78, 5) is 20.5. The van der Waals surface area contributed by atoms with Crippen LogP contribution in [-0.4, -0.2) is 26.2 Å². The molecule has 19 heavy (non-hydrogen) atoms. The maximum absolute atomic E-state index is 12.1. The van der Waals surface area contributed by atoms with Crippen molar-refractivity contribution in [1.82, 2.24) is 19.1 Å². The van der Waals surface area contributed by atoms with E-state index in [1.807, 2.05) is 6.33 Å². The van der Waals surface area contributed by atoms with Crippen molar-refractivity contribution in [3.63, 3.8) is 0 Å². The lowest BCUT2D eigenvalue weighted by atomic mass is 10.4. The Morgan fingerprint density at radius 2 is 2.26 bits per heavy atom. The molecule has 0 atom stereocenters. The minimum absolute atomic E-state index is 0.104. The third-order valence-corrected chi connectivity index (χ3v) is 3.29. The molecule has 1 saturated carbocycles. The molecular weight excluding hydrogens is 244 g/mol. The van der Waals surface area contributed by atoms with Crippen LogP contribution in [-0.2, 0) is 6.54 Å². The summed E-state index contributed by atoms with van der Waals surface area (Å²) >= 11 is 0. The van der Waals surface area contributed by atoms with Crippen molar-refractivity contribution in [3.05, 3.63) is 40.3 Å². The number of ether oxygens (including phenoxy) is 1. The molecule has 0 amide bonds. The average molecular weight is 260 g/mol. The number of imidazole rings is 1. The van der Waals surface area contributed by atoms with E-state index in [0.29, 0.717) is 24.3 Å². The number of aromatic nitrogens is 4. The lowest BCUT2D eigenvalue weighted by molar-refractivity contribution is 0.348. The molecule has 0 aromatic carbocycles. The molecule has 2 heterocycles. The van der Waals surface area contributed by atoms with Crippen LogP contribution in [0, 0.1) is 6.92 Å². The average Bonchev–Trinajstić information content (AvgIpc) is 3.12. The number of rotatable bonds is 4. The van der Waals surface area contributed by atoms with Crippen LogP contribution in [0.15, 0.2) is 23.4 Å². The first-order chi connectivity index (χ1) is 9.19. The first kappa shape index (κ1) is 12.0. The van der Waals surface area contributed by atoms with Crippen molar-refractivity contribution >= 4 is 0 Å². The first-order valence-electron chi connectivity index (χ1n) is 6.32. The molecule has 0 unspecified atom stereocenters. The van der Waals surface area contributed by atoms with Crippen molar-refractivity contribution in [1.29, 1.82) is 0 Å². The van der Waals surface area contributed by atoms with Gasteiger partial charge in [-0.1, -0.05) is 0 Å².